The molecule has 0 aliphatic carbocycles. The van der Waals surface area contributed by atoms with Crippen LogP contribution in [-0.2, 0) is 17.8 Å². The lowest BCUT2D eigenvalue weighted by molar-refractivity contribution is -0.120. The highest BCUT2D eigenvalue weighted by Gasteiger charge is 2.53. The van der Waals surface area contributed by atoms with Crippen molar-refractivity contribution in [3.05, 3.63) is 131 Å². The van der Waals surface area contributed by atoms with Gasteiger partial charge in [0.15, 0.2) is 0 Å². The van der Waals surface area contributed by atoms with Crippen LogP contribution in [0.3, 0.4) is 0 Å². The van der Waals surface area contributed by atoms with E-state index >= 15 is 0 Å². The number of fused-ring (bicyclic) bond motifs is 4. The van der Waals surface area contributed by atoms with Gasteiger partial charge in [0, 0.05) is 35.1 Å². The number of ether oxygens (including phenoxy) is 1. The summed E-state index contributed by atoms with van der Waals surface area (Å²) in [5, 5.41) is 3.96. The van der Waals surface area contributed by atoms with Crippen molar-refractivity contribution in [2.75, 3.05) is 12.0 Å². The van der Waals surface area contributed by atoms with E-state index in [0.29, 0.717) is 30.0 Å². The molecule has 2 atom stereocenters. The van der Waals surface area contributed by atoms with Crippen LogP contribution in [0.15, 0.2) is 103 Å². The number of urea groups is 1. The second-order valence-electron chi connectivity index (χ2n) is 10.5. The number of aromatic amines is 1. The third-order valence-corrected chi connectivity index (χ3v) is 8.14. The molecule has 7 rings (SSSR count). The Bertz CT molecular complexity index is 1830. The van der Waals surface area contributed by atoms with E-state index in [4.69, 9.17) is 4.74 Å². The van der Waals surface area contributed by atoms with Gasteiger partial charge >= 0.3 is 6.03 Å². The zero-order valence-electron chi connectivity index (χ0n) is 22.9. The molecule has 208 valence electrons. The summed E-state index contributed by atoms with van der Waals surface area (Å²) in [6.45, 7) is 0.404. The lowest BCUT2D eigenvalue weighted by atomic mass is 9.89. The van der Waals surface area contributed by atoms with Crippen molar-refractivity contribution in [1.29, 1.82) is 0 Å². The Morgan fingerprint density at radius 1 is 0.929 bits per heavy atom. The quantitative estimate of drug-likeness (QED) is 0.267. The van der Waals surface area contributed by atoms with Crippen LogP contribution >= 0.6 is 0 Å². The number of nitrogens with one attached hydrogen (secondary N) is 2. The number of imide groups is 1. The number of carbonyl (C=O) groups excluding carboxylic acids is 3. The van der Waals surface area contributed by atoms with Gasteiger partial charge in [-0.05, 0) is 59.2 Å². The van der Waals surface area contributed by atoms with Crippen molar-refractivity contribution in [3.63, 3.8) is 0 Å². The Labute approximate surface area is 242 Å². The summed E-state index contributed by atoms with van der Waals surface area (Å²) in [5.41, 5.74) is 5.62. The zero-order valence-corrected chi connectivity index (χ0v) is 22.9. The first-order valence-electron chi connectivity index (χ1n) is 13.9. The molecule has 2 N–H and O–H groups in total. The van der Waals surface area contributed by atoms with E-state index < -0.39 is 18.1 Å². The van der Waals surface area contributed by atoms with E-state index in [-0.39, 0.29) is 11.8 Å². The average molecular weight is 557 g/mol. The van der Waals surface area contributed by atoms with Gasteiger partial charge in [-0.2, -0.15) is 0 Å². The second kappa shape index (κ2) is 10.2. The maximum atomic E-state index is 14.1. The topological polar surface area (TPSA) is 94.7 Å². The van der Waals surface area contributed by atoms with Crippen molar-refractivity contribution in [2.24, 2.45) is 0 Å². The third-order valence-electron chi connectivity index (χ3n) is 8.14. The van der Waals surface area contributed by atoms with Crippen molar-refractivity contribution < 1.29 is 19.1 Å². The first-order chi connectivity index (χ1) is 20.5. The molecule has 4 amide bonds. The van der Waals surface area contributed by atoms with Crippen LogP contribution in [-0.4, -0.2) is 40.9 Å². The number of rotatable bonds is 6. The molecular weight excluding hydrogens is 528 g/mol. The molecule has 4 aromatic carbocycles. The van der Waals surface area contributed by atoms with Crippen molar-refractivity contribution in [3.8, 4) is 5.75 Å². The highest BCUT2D eigenvalue weighted by molar-refractivity contribution is 6.22. The molecule has 0 bridgehead atoms. The van der Waals surface area contributed by atoms with Gasteiger partial charge in [0.1, 0.15) is 17.8 Å². The first-order valence-corrected chi connectivity index (χ1v) is 13.9. The summed E-state index contributed by atoms with van der Waals surface area (Å²) < 4.78 is 5.49. The highest BCUT2D eigenvalue weighted by Crippen LogP contribution is 2.45. The van der Waals surface area contributed by atoms with E-state index in [0.717, 1.165) is 33.3 Å². The summed E-state index contributed by atoms with van der Waals surface area (Å²) in [4.78, 5) is 47.3. The van der Waals surface area contributed by atoms with Crippen LogP contribution in [0.25, 0.3) is 10.9 Å². The number of anilines is 1. The predicted octanol–water partition coefficient (Wildman–Crippen LogP) is 5.59. The minimum absolute atomic E-state index is 0.231. The number of hydrogen-bond donors (Lipinski definition) is 2. The van der Waals surface area contributed by atoms with E-state index in [1.807, 2.05) is 78.9 Å². The number of benzene rings is 4. The number of methoxy groups -OCH3 is 1. The molecule has 42 heavy (non-hydrogen) atoms. The van der Waals surface area contributed by atoms with Crippen LogP contribution in [0.2, 0.25) is 0 Å². The van der Waals surface area contributed by atoms with Gasteiger partial charge in [-0.25, -0.2) is 9.69 Å². The highest BCUT2D eigenvalue weighted by atomic mass is 16.5. The lowest BCUT2D eigenvalue weighted by Gasteiger charge is -2.36. The number of amides is 4. The van der Waals surface area contributed by atoms with Crippen LogP contribution in [0.4, 0.5) is 10.5 Å². The van der Waals surface area contributed by atoms with E-state index in [2.05, 4.69) is 10.3 Å². The standard InChI is InChI=1S/C34H28N4O4/c1-42-25-11-7-10-23(18-25)31-30-27(26-12-5-6-13-28(26)36-30)19-29-33(40)37(34(41)38(29)31)24-16-14-22(15-17-24)32(39)35-20-21-8-3-2-4-9-21/h2-18,29,31,36H,19-20H2,1H3,(H,35,39)/t29-,31-/m0/s1. The average Bonchev–Trinajstić information content (AvgIpc) is 3.53. The van der Waals surface area contributed by atoms with Crippen LogP contribution in [0.1, 0.15) is 38.8 Å². The largest absolute Gasteiger partial charge is 0.497 e. The Hall–Kier alpha value is -5.37. The van der Waals surface area contributed by atoms with Gasteiger partial charge in [-0.15, -0.1) is 0 Å². The molecule has 5 aromatic rings. The molecule has 2 aliphatic heterocycles. The Morgan fingerprint density at radius 2 is 1.69 bits per heavy atom. The van der Waals surface area contributed by atoms with E-state index in [9.17, 15) is 14.4 Å². The summed E-state index contributed by atoms with van der Waals surface area (Å²) in [6.07, 6.45) is 0.404. The van der Waals surface area contributed by atoms with Gasteiger partial charge in [-0.3, -0.25) is 14.5 Å². The van der Waals surface area contributed by atoms with Crippen molar-refractivity contribution >= 4 is 34.4 Å². The number of H-pyrrole nitrogens is 1. The van der Waals surface area contributed by atoms with E-state index in [1.54, 1.807) is 36.3 Å². The van der Waals surface area contributed by atoms with Gasteiger partial charge in [-0.1, -0.05) is 60.7 Å². The smallest absolute Gasteiger partial charge is 0.332 e. The fourth-order valence-electron chi connectivity index (χ4n) is 6.11. The van der Waals surface area contributed by atoms with Crippen molar-refractivity contribution in [2.45, 2.75) is 25.0 Å². The second-order valence-corrected chi connectivity index (χ2v) is 10.5. The molecule has 1 fully saturated rings. The Balaban J connectivity index is 1.21. The summed E-state index contributed by atoms with van der Waals surface area (Å²) in [6, 6.07) is 30.3. The van der Waals surface area contributed by atoms with Crippen LogP contribution in [0, 0.1) is 0 Å². The SMILES string of the molecule is COc1cccc([C@H]2c3[nH]c4ccccc4c3C[C@H]3C(=O)N(c4ccc(C(=O)NCc5ccccc5)cc4)C(=O)N23)c1. The molecule has 0 saturated carbocycles. The van der Waals surface area contributed by atoms with Gasteiger partial charge < -0.3 is 15.0 Å². The molecular formula is C34H28N4O4. The summed E-state index contributed by atoms with van der Waals surface area (Å²) in [5.74, 6) is 0.152. The fraction of sp³-hybridized carbons (Fsp3) is 0.147. The summed E-state index contributed by atoms with van der Waals surface area (Å²) in [7, 11) is 1.61. The van der Waals surface area contributed by atoms with Gasteiger partial charge in [0.05, 0.1) is 12.8 Å². The van der Waals surface area contributed by atoms with E-state index in [1.165, 1.54) is 4.90 Å². The molecule has 1 saturated heterocycles. The molecule has 0 spiro atoms. The molecule has 3 heterocycles. The summed E-state index contributed by atoms with van der Waals surface area (Å²) >= 11 is 0. The minimum Gasteiger partial charge on any atom is -0.497 e. The Kier molecular flexibility index (Phi) is 6.23. The molecule has 1 aromatic heterocycles. The Morgan fingerprint density at radius 3 is 2.48 bits per heavy atom. The van der Waals surface area contributed by atoms with Crippen LogP contribution in [0.5, 0.6) is 5.75 Å². The first kappa shape index (κ1) is 25.6. The monoisotopic (exact) mass is 556 g/mol. The minimum atomic E-state index is -0.672. The molecule has 0 radical (unpaired) electrons. The number of hydrogen-bond acceptors (Lipinski definition) is 4. The molecule has 8 nitrogen and oxygen atoms in total. The maximum Gasteiger partial charge on any atom is 0.332 e. The predicted molar refractivity (Wildman–Crippen MR) is 159 cm³/mol. The zero-order chi connectivity index (χ0) is 28.8. The molecule has 8 heteroatoms. The molecule has 0 unspecified atom stereocenters. The van der Waals surface area contributed by atoms with Crippen LogP contribution < -0.4 is 15.0 Å². The number of nitrogens with zero attached hydrogens (tertiary/aromatic N) is 2. The fourth-order valence-corrected chi connectivity index (χ4v) is 6.11. The lowest BCUT2D eigenvalue weighted by Crippen LogP contribution is -2.44. The maximum absolute atomic E-state index is 14.1. The molecule has 2 aliphatic rings. The number of carbonyl (C=O) groups is 3. The third kappa shape index (κ3) is 4.19. The number of para-hydroxylation sites is 1. The van der Waals surface area contributed by atoms with Gasteiger partial charge in [0.2, 0.25) is 0 Å². The number of aromatic nitrogens is 1. The normalized spacial score (nSPS) is 17.7. The van der Waals surface area contributed by atoms with Gasteiger partial charge in [0.25, 0.3) is 11.8 Å². The van der Waals surface area contributed by atoms with Crippen molar-refractivity contribution in [1.82, 2.24) is 15.2 Å².